The molecule has 1 aromatic rings. The van der Waals surface area contributed by atoms with Gasteiger partial charge in [-0.05, 0) is 82.2 Å². The fourth-order valence-electron chi connectivity index (χ4n) is 2.22. The van der Waals surface area contributed by atoms with E-state index >= 15 is 0 Å². The third kappa shape index (κ3) is 2.92. The van der Waals surface area contributed by atoms with Gasteiger partial charge in [-0.15, -0.1) is 0 Å². The Balaban J connectivity index is 3.02. The summed E-state index contributed by atoms with van der Waals surface area (Å²) in [5.41, 5.74) is 5.86. The summed E-state index contributed by atoms with van der Waals surface area (Å²) in [6, 6.07) is 2.20. The molecule has 0 aromatic heterocycles. The second-order valence-electron chi connectivity index (χ2n) is 5.93. The van der Waals surface area contributed by atoms with Crippen LogP contribution in [0.4, 0.5) is 0 Å². The van der Waals surface area contributed by atoms with E-state index < -0.39 is 11.4 Å². The van der Waals surface area contributed by atoms with Crippen molar-refractivity contribution < 1.29 is 9.90 Å². The van der Waals surface area contributed by atoms with Crippen molar-refractivity contribution in [3.8, 4) is 0 Å². The molecule has 0 saturated heterocycles. The van der Waals surface area contributed by atoms with Gasteiger partial charge in [-0.25, -0.2) is 0 Å². The standard InChI is InChI=1S/C16H24O2/c1-10-9-11(2)13(4)14(12(10)3)7-8-16(5,6)15(17)18/h9H,7-8H2,1-6H3,(H,17,18). The van der Waals surface area contributed by atoms with E-state index in [4.69, 9.17) is 5.11 Å². The molecule has 0 unspecified atom stereocenters. The van der Waals surface area contributed by atoms with Gasteiger partial charge in [0.05, 0.1) is 5.41 Å². The summed E-state index contributed by atoms with van der Waals surface area (Å²) < 4.78 is 0. The average Bonchev–Trinajstić information content (AvgIpc) is 2.26. The van der Waals surface area contributed by atoms with Crippen molar-refractivity contribution in [2.24, 2.45) is 5.41 Å². The fraction of sp³-hybridized carbons (Fsp3) is 0.562. The second-order valence-corrected chi connectivity index (χ2v) is 5.93. The van der Waals surface area contributed by atoms with Gasteiger partial charge < -0.3 is 5.11 Å². The first kappa shape index (κ1) is 14.7. The van der Waals surface area contributed by atoms with Crippen molar-refractivity contribution in [1.29, 1.82) is 0 Å². The molecule has 2 heteroatoms. The first-order chi connectivity index (χ1) is 8.16. The lowest BCUT2D eigenvalue weighted by Crippen LogP contribution is -2.24. The van der Waals surface area contributed by atoms with Gasteiger partial charge in [0.2, 0.25) is 0 Å². The molecule has 0 heterocycles. The van der Waals surface area contributed by atoms with Crippen molar-refractivity contribution in [3.05, 3.63) is 33.9 Å². The Kier molecular flexibility index (Phi) is 4.20. The summed E-state index contributed by atoms with van der Waals surface area (Å²) in [5, 5.41) is 9.17. The molecular weight excluding hydrogens is 224 g/mol. The van der Waals surface area contributed by atoms with Crippen LogP contribution < -0.4 is 0 Å². The Morgan fingerprint density at radius 2 is 1.56 bits per heavy atom. The van der Waals surface area contributed by atoms with Crippen molar-refractivity contribution in [3.63, 3.8) is 0 Å². The highest BCUT2D eigenvalue weighted by atomic mass is 16.4. The van der Waals surface area contributed by atoms with Crippen LogP contribution in [-0.4, -0.2) is 11.1 Å². The molecule has 18 heavy (non-hydrogen) atoms. The van der Waals surface area contributed by atoms with Gasteiger partial charge in [-0.2, -0.15) is 0 Å². The lowest BCUT2D eigenvalue weighted by atomic mass is 9.83. The van der Waals surface area contributed by atoms with Crippen molar-refractivity contribution in [2.45, 2.75) is 54.4 Å². The molecule has 100 valence electrons. The Labute approximate surface area is 110 Å². The van der Waals surface area contributed by atoms with Gasteiger partial charge in [0.15, 0.2) is 0 Å². The van der Waals surface area contributed by atoms with Crippen molar-refractivity contribution in [2.75, 3.05) is 0 Å². The van der Waals surface area contributed by atoms with E-state index in [1.165, 1.54) is 27.8 Å². The first-order valence-corrected chi connectivity index (χ1v) is 6.46. The number of hydrogen-bond acceptors (Lipinski definition) is 1. The van der Waals surface area contributed by atoms with Crippen molar-refractivity contribution >= 4 is 5.97 Å². The monoisotopic (exact) mass is 248 g/mol. The topological polar surface area (TPSA) is 37.3 Å². The number of carboxylic acid groups (broad SMARTS) is 1. The van der Waals surface area contributed by atoms with Crippen LogP contribution in [0.3, 0.4) is 0 Å². The summed E-state index contributed by atoms with van der Waals surface area (Å²) in [5.74, 6) is -0.720. The normalized spacial score (nSPS) is 11.7. The molecule has 0 radical (unpaired) electrons. The minimum atomic E-state index is -0.720. The zero-order valence-electron chi connectivity index (χ0n) is 12.3. The van der Waals surface area contributed by atoms with Gasteiger partial charge in [-0.3, -0.25) is 4.79 Å². The molecule has 0 saturated carbocycles. The van der Waals surface area contributed by atoms with E-state index in [-0.39, 0.29) is 0 Å². The zero-order valence-corrected chi connectivity index (χ0v) is 12.3. The maximum atomic E-state index is 11.1. The zero-order chi connectivity index (χ0) is 14.1. The molecule has 0 fully saturated rings. The molecule has 0 amide bonds. The lowest BCUT2D eigenvalue weighted by molar-refractivity contribution is -0.147. The summed E-state index contributed by atoms with van der Waals surface area (Å²) in [6.45, 7) is 12.1. The molecule has 1 N–H and O–H groups in total. The highest BCUT2D eigenvalue weighted by Gasteiger charge is 2.27. The summed E-state index contributed by atoms with van der Waals surface area (Å²) in [4.78, 5) is 11.1. The summed E-state index contributed by atoms with van der Waals surface area (Å²) >= 11 is 0. The highest BCUT2D eigenvalue weighted by Crippen LogP contribution is 2.28. The Hall–Kier alpha value is -1.31. The third-order valence-corrected chi connectivity index (χ3v) is 4.10. The maximum Gasteiger partial charge on any atom is 0.309 e. The molecule has 0 bridgehead atoms. The fourth-order valence-corrected chi connectivity index (χ4v) is 2.22. The predicted molar refractivity (Wildman–Crippen MR) is 75.1 cm³/mol. The summed E-state index contributed by atoms with van der Waals surface area (Å²) in [7, 11) is 0. The minimum Gasteiger partial charge on any atom is -0.481 e. The molecule has 1 rings (SSSR count). The number of rotatable bonds is 4. The number of benzene rings is 1. The summed E-state index contributed by atoms with van der Waals surface area (Å²) in [6.07, 6.45) is 1.51. The van der Waals surface area contributed by atoms with E-state index in [2.05, 4.69) is 33.8 Å². The Morgan fingerprint density at radius 3 is 1.94 bits per heavy atom. The number of carboxylic acids is 1. The van der Waals surface area contributed by atoms with Crippen LogP contribution in [0.2, 0.25) is 0 Å². The van der Waals surface area contributed by atoms with Crippen molar-refractivity contribution in [1.82, 2.24) is 0 Å². The number of aliphatic carboxylic acids is 1. The van der Waals surface area contributed by atoms with Gasteiger partial charge in [0.25, 0.3) is 0 Å². The SMILES string of the molecule is Cc1cc(C)c(C)c(CCC(C)(C)C(=O)O)c1C. The van der Waals surface area contributed by atoms with Crippen LogP contribution in [0.15, 0.2) is 6.07 Å². The van der Waals surface area contributed by atoms with Gasteiger partial charge >= 0.3 is 5.97 Å². The molecule has 2 nitrogen and oxygen atoms in total. The molecule has 0 aliphatic carbocycles. The first-order valence-electron chi connectivity index (χ1n) is 6.46. The maximum absolute atomic E-state index is 11.1. The van der Waals surface area contributed by atoms with Crippen LogP contribution in [0.5, 0.6) is 0 Å². The van der Waals surface area contributed by atoms with Crippen LogP contribution in [-0.2, 0) is 11.2 Å². The van der Waals surface area contributed by atoms with E-state index in [0.717, 1.165) is 6.42 Å². The lowest BCUT2D eigenvalue weighted by Gasteiger charge is -2.21. The largest absolute Gasteiger partial charge is 0.481 e. The Morgan fingerprint density at radius 1 is 1.11 bits per heavy atom. The smallest absolute Gasteiger partial charge is 0.309 e. The predicted octanol–water partition coefficient (Wildman–Crippen LogP) is 3.96. The van der Waals surface area contributed by atoms with Gasteiger partial charge in [0.1, 0.15) is 0 Å². The third-order valence-electron chi connectivity index (χ3n) is 4.10. The minimum absolute atomic E-state index is 0.656. The second kappa shape index (κ2) is 5.13. The molecule has 0 spiro atoms. The van der Waals surface area contributed by atoms with E-state index in [0.29, 0.717) is 6.42 Å². The highest BCUT2D eigenvalue weighted by molar-refractivity contribution is 5.73. The number of carbonyl (C=O) groups is 1. The van der Waals surface area contributed by atoms with Gasteiger partial charge in [0, 0.05) is 0 Å². The number of aryl methyl sites for hydroxylation is 2. The molecule has 0 aliphatic rings. The van der Waals surface area contributed by atoms with Gasteiger partial charge in [-0.1, -0.05) is 6.07 Å². The molecule has 1 aromatic carbocycles. The van der Waals surface area contributed by atoms with E-state index in [1.54, 1.807) is 13.8 Å². The number of hydrogen-bond donors (Lipinski definition) is 1. The molecular formula is C16H24O2. The van der Waals surface area contributed by atoms with Crippen LogP contribution >= 0.6 is 0 Å². The quantitative estimate of drug-likeness (QED) is 0.875. The molecule has 0 atom stereocenters. The molecule has 0 aliphatic heterocycles. The average molecular weight is 248 g/mol. The van der Waals surface area contributed by atoms with E-state index in [9.17, 15) is 4.79 Å². The Bertz CT molecular complexity index is 444. The van der Waals surface area contributed by atoms with Crippen LogP contribution in [0.1, 0.15) is 48.1 Å². The van der Waals surface area contributed by atoms with E-state index in [1.807, 2.05) is 0 Å². The van der Waals surface area contributed by atoms with Crippen LogP contribution in [0, 0.1) is 33.1 Å². The van der Waals surface area contributed by atoms with Crippen LogP contribution in [0.25, 0.3) is 0 Å².